The number of anilines is 1. The SMILES string of the molecule is CCOC(=O)Cc1csc(NN=Cc2ccc(Cc3ccc(Cl)nc3)cc2)n1. The lowest BCUT2D eigenvalue weighted by atomic mass is 10.1. The van der Waals surface area contributed by atoms with Crippen LogP contribution in [-0.2, 0) is 22.4 Å². The molecular formula is C20H19ClN4O2S. The molecule has 0 aliphatic carbocycles. The first-order valence-corrected chi connectivity index (χ1v) is 9.96. The third-order valence-corrected chi connectivity index (χ3v) is 4.75. The molecule has 2 heterocycles. The van der Waals surface area contributed by atoms with Crippen molar-refractivity contribution < 1.29 is 9.53 Å². The van der Waals surface area contributed by atoms with Gasteiger partial charge >= 0.3 is 5.97 Å². The fourth-order valence-corrected chi connectivity index (χ4v) is 3.20. The summed E-state index contributed by atoms with van der Waals surface area (Å²) in [5.41, 5.74) is 6.80. The van der Waals surface area contributed by atoms with Gasteiger partial charge in [0.1, 0.15) is 5.15 Å². The molecule has 0 saturated carbocycles. The monoisotopic (exact) mass is 414 g/mol. The maximum absolute atomic E-state index is 11.5. The Balaban J connectivity index is 1.51. The fraction of sp³-hybridized carbons (Fsp3) is 0.200. The van der Waals surface area contributed by atoms with Crippen molar-refractivity contribution in [1.29, 1.82) is 0 Å². The third-order valence-electron chi connectivity index (χ3n) is 3.73. The number of aromatic nitrogens is 2. The van der Waals surface area contributed by atoms with Gasteiger partial charge in [-0.2, -0.15) is 5.10 Å². The van der Waals surface area contributed by atoms with Crippen LogP contribution < -0.4 is 5.43 Å². The summed E-state index contributed by atoms with van der Waals surface area (Å²) < 4.78 is 4.91. The molecule has 0 spiro atoms. The number of hydrogen-bond donors (Lipinski definition) is 1. The zero-order valence-corrected chi connectivity index (χ0v) is 16.8. The van der Waals surface area contributed by atoms with Gasteiger partial charge in [0.25, 0.3) is 0 Å². The van der Waals surface area contributed by atoms with Gasteiger partial charge in [0.05, 0.1) is 24.9 Å². The van der Waals surface area contributed by atoms with E-state index < -0.39 is 0 Å². The number of nitrogens with zero attached hydrogens (tertiary/aromatic N) is 3. The molecule has 2 aromatic heterocycles. The molecule has 144 valence electrons. The minimum Gasteiger partial charge on any atom is -0.466 e. The van der Waals surface area contributed by atoms with Crippen LogP contribution in [0.1, 0.15) is 29.3 Å². The van der Waals surface area contributed by atoms with E-state index in [1.165, 1.54) is 16.9 Å². The molecule has 0 unspecified atom stereocenters. The number of carbonyl (C=O) groups is 1. The highest BCUT2D eigenvalue weighted by molar-refractivity contribution is 7.13. The first-order chi connectivity index (χ1) is 13.6. The second-order valence-corrected chi connectivity index (χ2v) is 7.15. The Morgan fingerprint density at radius 2 is 2.04 bits per heavy atom. The number of pyridine rings is 1. The van der Waals surface area contributed by atoms with Crippen LogP contribution in [0.3, 0.4) is 0 Å². The van der Waals surface area contributed by atoms with Crippen molar-refractivity contribution in [2.75, 3.05) is 12.0 Å². The van der Waals surface area contributed by atoms with Crippen LogP contribution in [0.15, 0.2) is 53.1 Å². The largest absolute Gasteiger partial charge is 0.466 e. The van der Waals surface area contributed by atoms with E-state index in [0.717, 1.165) is 17.5 Å². The van der Waals surface area contributed by atoms with E-state index in [-0.39, 0.29) is 12.4 Å². The predicted molar refractivity (Wildman–Crippen MR) is 112 cm³/mol. The van der Waals surface area contributed by atoms with Gasteiger partial charge in [0.2, 0.25) is 5.13 Å². The number of nitrogens with one attached hydrogen (secondary N) is 1. The standard InChI is InChI=1S/C20H19ClN4O2S/c1-2-27-19(26)10-17-13-28-20(24-17)25-23-12-15-5-3-14(4-6-15)9-16-7-8-18(21)22-11-16/h3-8,11-13H,2,9-10H2,1H3,(H,24,25). The smallest absolute Gasteiger partial charge is 0.311 e. The van der Waals surface area contributed by atoms with E-state index in [1.54, 1.807) is 25.4 Å². The zero-order chi connectivity index (χ0) is 19.8. The quantitative estimate of drug-likeness (QED) is 0.257. The highest BCUT2D eigenvalue weighted by atomic mass is 35.5. The molecular weight excluding hydrogens is 396 g/mol. The Kier molecular flexibility index (Phi) is 7.11. The molecule has 0 atom stereocenters. The normalized spacial score (nSPS) is 10.9. The van der Waals surface area contributed by atoms with Crippen LogP contribution >= 0.6 is 22.9 Å². The molecule has 0 bridgehead atoms. The van der Waals surface area contributed by atoms with Crippen molar-refractivity contribution in [1.82, 2.24) is 9.97 Å². The maximum atomic E-state index is 11.5. The summed E-state index contributed by atoms with van der Waals surface area (Å²) >= 11 is 7.20. The van der Waals surface area contributed by atoms with Crippen molar-refractivity contribution in [2.45, 2.75) is 19.8 Å². The summed E-state index contributed by atoms with van der Waals surface area (Å²) in [7, 11) is 0. The Labute approximate surface area is 172 Å². The van der Waals surface area contributed by atoms with Crippen LogP contribution in [0.5, 0.6) is 0 Å². The summed E-state index contributed by atoms with van der Waals surface area (Å²) in [4.78, 5) is 19.9. The second-order valence-electron chi connectivity index (χ2n) is 5.90. The summed E-state index contributed by atoms with van der Waals surface area (Å²) in [5, 5.41) is 7.13. The molecule has 0 fully saturated rings. The van der Waals surface area contributed by atoms with Gasteiger partial charge in [0, 0.05) is 11.6 Å². The first-order valence-electron chi connectivity index (χ1n) is 8.71. The van der Waals surface area contributed by atoms with Crippen LogP contribution in [0.25, 0.3) is 0 Å². The van der Waals surface area contributed by atoms with E-state index >= 15 is 0 Å². The van der Waals surface area contributed by atoms with Crippen molar-refractivity contribution in [3.05, 3.63) is 75.5 Å². The third kappa shape index (κ3) is 6.14. The van der Waals surface area contributed by atoms with Crippen LogP contribution in [0.4, 0.5) is 5.13 Å². The molecule has 0 saturated heterocycles. The predicted octanol–water partition coefficient (Wildman–Crippen LogP) is 4.33. The fourth-order valence-electron chi connectivity index (χ4n) is 2.43. The molecule has 1 N–H and O–H groups in total. The van der Waals surface area contributed by atoms with E-state index in [4.69, 9.17) is 16.3 Å². The number of ether oxygens (including phenoxy) is 1. The van der Waals surface area contributed by atoms with E-state index in [2.05, 4.69) is 32.6 Å². The Morgan fingerprint density at radius 3 is 2.75 bits per heavy atom. The molecule has 8 heteroatoms. The molecule has 0 aliphatic rings. The van der Waals surface area contributed by atoms with Gasteiger partial charge in [0.15, 0.2) is 0 Å². The number of hydrazone groups is 1. The van der Waals surface area contributed by atoms with E-state index in [1.807, 2.05) is 23.6 Å². The topological polar surface area (TPSA) is 76.5 Å². The van der Waals surface area contributed by atoms with Gasteiger partial charge in [-0.1, -0.05) is 41.9 Å². The van der Waals surface area contributed by atoms with Gasteiger partial charge in [-0.15, -0.1) is 11.3 Å². The number of hydrogen-bond acceptors (Lipinski definition) is 7. The molecule has 0 radical (unpaired) electrons. The lowest BCUT2D eigenvalue weighted by Crippen LogP contribution is -2.07. The van der Waals surface area contributed by atoms with Crippen molar-refractivity contribution in [3.8, 4) is 0 Å². The number of benzene rings is 1. The molecule has 6 nitrogen and oxygen atoms in total. The van der Waals surface area contributed by atoms with Crippen LogP contribution in [-0.4, -0.2) is 28.8 Å². The number of halogens is 1. The van der Waals surface area contributed by atoms with Crippen molar-refractivity contribution >= 4 is 40.3 Å². The van der Waals surface area contributed by atoms with Crippen molar-refractivity contribution in [3.63, 3.8) is 0 Å². The van der Waals surface area contributed by atoms with Crippen molar-refractivity contribution in [2.24, 2.45) is 5.10 Å². The molecule has 0 amide bonds. The molecule has 3 aromatic rings. The minimum atomic E-state index is -0.280. The zero-order valence-electron chi connectivity index (χ0n) is 15.3. The first kappa shape index (κ1) is 20.0. The van der Waals surface area contributed by atoms with Crippen LogP contribution in [0, 0.1) is 0 Å². The molecule has 3 rings (SSSR count). The number of rotatable bonds is 8. The summed E-state index contributed by atoms with van der Waals surface area (Å²) in [6.07, 6.45) is 4.47. The number of carbonyl (C=O) groups excluding carboxylic acids is 1. The van der Waals surface area contributed by atoms with E-state index in [9.17, 15) is 4.79 Å². The van der Waals surface area contributed by atoms with Gasteiger partial charge in [-0.05, 0) is 36.1 Å². The van der Waals surface area contributed by atoms with Gasteiger partial charge in [-0.3, -0.25) is 10.2 Å². The molecule has 1 aromatic carbocycles. The molecule has 28 heavy (non-hydrogen) atoms. The highest BCUT2D eigenvalue weighted by Crippen LogP contribution is 2.16. The summed E-state index contributed by atoms with van der Waals surface area (Å²) in [5.74, 6) is -0.280. The number of thiazole rings is 1. The Morgan fingerprint density at radius 1 is 1.25 bits per heavy atom. The van der Waals surface area contributed by atoms with Gasteiger partial charge < -0.3 is 4.74 Å². The molecule has 0 aliphatic heterocycles. The summed E-state index contributed by atoms with van der Waals surface area (Å²) in [6.45, 7) is 2.15. The average Bonchev–Trinajstić information content (AvgIpc) is 3.12. The van der Waals surface area contributed by atoms with E-state index in [0.29, 0.717) is 22.6 Å². The maximum Gasteiger partial charge on any atom is 0.311 e. The summed E-state index contributed by atoms with van der Waals surface area (Å²) in [6, 6.07) is 11.9. The Hall–Kier alpha value is -2.77. The highest BCUT2D eigenvalue weighted by Gasteiger charge is 2.07. The minimum absolute atomic E-state index is 0.167. The van der Waals surface area contributed by atoms with Gasteiger partial charge in [-0.25, -0.2) is 9.97 Å². The lowest BCUT2D eigenvalue weighted by molar-refractivity contribution is -0.142. The Bertz CT molecular complexity index is 940. The average molecular weight is 415 g/mol. The number of esters is 1. The second kappa shape index (κ2) is 9.96. The van der Waals surface area contributed by atoms with Crippen LogP contribution in [0.2, 0.25) is 5.15 Å². The lowest BCUT2D eigenvalue weighted by Gasteiger charge is -2.02.